The highest BCUT2D eigenvalue weighted by molar-refractivity contribution is 5.89. The molecule has 1 aliphatic rings. The molecule has 34 heavy (non-hydrogen) atoms. The van der Waals surface area contributed by atoms with Gasteiger partial charge in [0.1, 0.15) is 0 Å². The molecule has 4 rings (SSSR count). The van der Waals surface area contributed by atoms with Crippen molar-refractivity contribution in [3.8, 4) is 11.5 Å². The summed E-state index contributed by atoms with van der Waals surface area (Å²) in [6.45, 7) is 5.76. The number of carbonyl (C=O) groups is 1. The van der Waals surface area contributed by atoms with Crippen LogP contribution in [0.5, 0.6) is 11.5 Å². The zero-order valence-corrected chi connectivity index (χ0v) is 20.3. The molecule has 2 atom stereocenters. The van der Waals surface area contributed by atoms with Gasteiger partial charge in [-0.2, -0.15) is 0 Å². The van der Waals surface area contributed by atoms with Crippen molar-refractivity contribution in [2.24, 2.45) is 0 Å². The van der Waals surface area contributed by atoms with Crippen molar-refractivity contribution in [1.82, 2.24) is 10.2 Å². The monoisotopic (exact) mass is 459 g/mol. The highest BCUT2D eigenvalue weighted by atomic mass is 16.5. The van der Waals surface area contributed by atoms with Crippen LogP contribution in [0.1, 0.15) is 35.2 Å². The Bertz CT molecular complexity index is 1120. The summed E-state index contributed by atoms with van der Waals surface area (Å²) < 4.78 is 11.2. The number of rotatable bonds is 7. The summed E-state index contributed by atoms with van der Waals surface area (Å²) >= 11 is 0. The summed E-state index contributed by atoms with van der Waals surface area (Å²) in [6.07, 6.45) is 0.904. The molecule has 0 aliphatic carbocycles. The molecule has 2 amide bonds. The number of ether oxygens (including phenoxy) is 2. The summed E-state index contributed by atoms with van der Waals surface area (Å²) in [5.74, 6) is 1.43. The number of urea groups is 1. The second-order valence-electron chi connectivity index (χ2n) is 8.81. The third-order valence-electron chi connectivity index (χ3n) is 6.40. The fourth-order valence-corrected chi connectivity index (χ4v) is 4.70. The number of benzene rings is 3. The Kier molecular flexibility index (Phi) is 7.38. The van der Waals surface area contributed by atoms with Crippen LogP contribution >= 0.6 is 0 Å². The third kappa shape index (κ3) is 5.34. The van der Waals surface area contributed by atoms with Crippen LogP contribution in [0.4, 0.5) is 10.5 Å². The molecule has 178 valence electrons. The Morgan fingerprint density at radius 2 is 1.71 bits per heavy atom. The van der Waals surface area contributed by atoms with Gasteiger partial charge in [0.15, 0.2) is 11.5 Å². The number of carbonyl (C=O) groups excluding carboxylic acids is 1. The van der Waals surface area contributed by atoms with E-state index in [1.807, 2.05) is 37.3 Å². The fourth-order valence-electron chi connectivity index (χ4n) is 4.70. The predicted molar refractivity (Wildman–Crippen MR) is 136 cm³/mol. The first-order valence-electron chi connectivity index (χ1n) is 11.7. The quantitative estimate of drug-likeness (QED) is 0.502. The third-order valence-corrected chi connectivity index (χ3v) is 6.40. The highest BCUT2D eigenvalue weighted by Crippen LogP contribution is 2.40. The molecule has 1 heterocycles. The lowest BCUT2D eigenvalue weighted by Crippen LogP contribution is -2.48. The zero-order valence-electron chi connectivity index (χ0n) is 20.3. The van der Waals surface area contributed by atoms with Gasteiger partial charge < -0.3 is 20.1 Å². The average Bonchev–Trinajstić information content (AvgIpc) is 2.84. The molecule has 3 aromatic rings. The van der Waals surface area contributed by atoms with Gasteiger partial charge in [0.25, 0.3) is 0 Å². The van der Waals surface area contributed by atoms with Gasteiger partial charge in [-0.1, -0.05) is 48.0 Å². The van der Waals surface area contributed by atoms with Crippen molar-refractivity contribution >= 4 is 11.7 Å². The predicted octanol–water partition coefficient (Wildman–Crippen LogP) is 5.32. The van der Waals surface area contributed by atoms with E-state index < -0.39 is 0 Å². The van der Waals surface area contributed by atoms with Gasteiger partial charge in [0.05, 0.1) is 20.3 Å². The first-order chi connectivity index (χ1) is 16.5. The minimum absolute atomic E-state index is 0.0208. The van der Waals surface area contributed by atoms with Gasteiger partial charge in [0, 0.05) is 24.8 Å². The van der Waals surface area contributed by atoms with Crippen LogP contribution in [0.25, 0.3) is 0 Å². The number of amides is 2. The van der Waals surface area contributed by atoms with Crippen molar-refractivity contribution in [3.63, 3.8) is 0 Å². The number of aryl methyl sites for hydroxylation is 1. The fraction of sp³-hybridized carbons (Fsp3) is 0.321. The SMILES string of the molecule is COc1cc2c(cc1OC)[C@@H]([C@@H](C)NC(=O)Nc1ccc(C)cc1)N(Cc1ccccc1)CC2. The van der Waals surface area contributed by atoms with E-state index in [1.54, 1.807) is 14.2 Å². The van der Waals surface area contributed by atoms with Crippen LogP contribution in [0.15, 0.2) is 66.7 Å². The molecular weight excluding hydrogens is 426 g/mol. The smallest absolute Gasteiger partial charge is 0.319 e. The van der Waals surface area contributed by atoms with E-state index in [1.165, 1.54) is 11.1 Å². The van der Waals surface area contributed by atoms with Gasteiger partial charge in [0.2, 0.25) is 0 Å². The summed E-state index contributed by atoms with van der Waals surface area (Å²) in [6, 6.07) is 22.0. The first kappa shape index (κ1) is 23.6. The minimum Gasteiger partial charge on any atom is -0.493 e. The van der Waals surface area contributed by atoms with E-state index in [0.29, 0.717) is 5.75 Å². The van der Waals surface area contributed by atoms with Gasteiger partial charge in [-0.05, 0) is 61.2 Å². The van der Waals surface area contributed by atoms with E-state index in [4.69, 9.17) is 9.47 Å². The second-order valence-corrected chi connectivity index (χ2v) is 8.81. The van der Waals surface area contributed by atoms with Crippen LogP contribution in [0, 0.1) is 6.92 Å². The van der Waals surface area contributed by atoms with E-state index in [-0.39, 0.29) is 18.1 Å². The maximum Gasteiger partial charge on any atom is 0.319 e. The van der Waals surface area contributed by atoms with Crippen molar-refractivity contribution in [1.29, 1.82) is 0 Å². The maximum atomic E-state index is 12.9. The molecule has 0 unspecified atom stereocenters. The molecule has 6 heteroatoms. The Labute approximate surface area is 201 Å². The summed E-state index contributed by atoms with van der Waals surface area (Å²) in [5, 5.41) is 6.13. The molecule has 6 nitrogen and oxygen atoms in total. The maximum absolute atomic E-state index is 12.9. The molecule has 0 saturated heterocycles. The van der Waals surface area contributed by atoms with Crippen molar-refractivity contribution in [2.45, 2.75) is 38.9 Å². The van der Waals surface area contributed by atoms with Gasteiger partial charge in [-0.3, -0.25) is 4.90 Å². The molecule has 0 saturated carbocycles. The van der Waals surface area contributed by atoms with Crippen LogP contribution in [-0.2, 0) is 13.0 Å². The number of nitrogens with one attached hydrogen (secondary N) is 2. The van der Waals surface area contributed by atoms with E-state index >= 15 is 0 Å². The van der Waals surface area contributed by atoms with Crippen LogP contribution in [0.2, 0.25) is 0 Å². The van der Waals surface area contributed by atoms with Crippen molar-refractivity contribution < 1.29 is 14.3 Å². The number of nitrogens with zero attached hydrogens (tertiary/aromatic N) is 1. The minimum atomic E-state index is -0.219. The van der Waals surface area contributed by atoms with E-state index in [2.05, 4.69) is 58.9 Å². The Morgan fingerprint density at radius 3 is 2.38 bits per heavy atom. The number of anilines is 1. The molecule has 0 spiro atoms. The number of fused-ring (bicyclic) bond motifs is 1. The lowest BCUT2D eigenvalue weighted by atomic mass is 9.87. The number of hydrogen-bond donors (Lipinski definition) is 2. The topological polar surface area (TPSA) is 62.8 Å². The van der Waals surface area contributed by atoms with Gasteiger partial charge in [-0.25, -0.2) is 4.79 Å². The van der Waals surface area contributed by atoms with Crippen molar-refractivity contribution in [2.75, 3.05) is 26.1 Å². The summed E-state index contributed by atoms with van der Waals surface area (Å²) in [4.78, 5) is 15.3. The standard InChI is InChI=1S/C28H33N3O3/c1-19-10-12-23(13-11-19)30-28(32)29-20(2)27-24-17-26(34-4)25(33-3)16-22(24)14-15-31(27)18-21-8-6-5-7-9-21/h5-13,16-17,20,27H,14-15,18H2,1-4H3,(H2,29,30,32)/t20-,27-/m1/s1. The molecule has 2 N–H and O–H groups in total. The summed E-state index contributed by atoms with van der Waals surface area (Å²) in [5.41, 5.74) is 5.54. The van der Waals surface area contributed by atoms with Crippen LogP contribution in [-0.4, -0.2) is 37.7 Å². The zero-order chi connectivity index (χ0) is 24.1. The molecule has 0 fully saturated rings. The summed E-state index contributed by atoms with van der Waals surface area (Å²) in [7, 11) is 3.31. The molecule has 1 aliphatic heterocycles. The molecule has 0 radical (unpaired) electrons. The normalized spacial score (nSPS) is 16.3. The molecule has 0 aromatic heterocycles. The van der Waals surface area contributed by atoms with Gasteiger partial charge >= 0.3 is 6.03 Å². The highest BCUT2D eigenvalue weighted by Gasteiger charge is 2.33. The van der Waals surface area contributed by atoms with Crippen molar-refractivity contribution in [3.05, 3.63) is 89.0 Å². The molecule has 3 aromatic carbocycles. The van der Waals surface area contributed by atoms with Crippen LogP contribution in [0.3, 0.4) is 0 Å². The lowest BCUT2D eigenvalue weighted by Gasteiger charge is -2.41. The largest absolute Gasteiger partial charge is 0.493 e. The van der Waals surface area contributed by atoms with Crippen LogP contribution < -0.4 is 20.1 Å². The Balaban J connectivity index is 1.61. The average molecular weight is 460 g/mol. The second kappa shape index (κ2) is 10.6. The molecular formula is C28H33N3O3. The van der Waals surface area contributed by atoms with E-state index in [9.17, 15) is 4.79 Å². The van der Waals surface area contributed by atoms with E-state index in [0.717, 1.165) is 42.1 Å². The number of hydrogen-bond acceptors (Lipinski definition) is 4. The first-order valence-corrected chi connectivity index (χ1v) is 11.7. The van der Waals surface area contributed by atoms with Gasteiger partial charge in [-0.15, -0.1) is 0 Å². The number of methoxy groups -OCH3 is 2. The molecule has 0 bridgehead atoms. The Morgan fingerprint density at radius 1 is 1.03 bits per heavy atom. The Hall–Kier alpha value is -3.51. The lowest BCUT2D eigenvalue weighted by molar-refractivity contribution is 0.144.